The highest BCUT2D eigenvalue weighted by Gasteiger charge is 2.18. The van der Waals surface area contributed by atoms with Crippen LogP contribution in [-0.4, -0.2) is 50.6 Å². The molecule has 1 saturated heterocycles. The summed E-state index contributed by atoms with van der Waals surface area (Å²) in [5, 5.41) is 3.11. The number of likely N-dealkylation sites (N-methyl/N-ethyl adjacent to an activating group) is 1. The monoisotopic (exact) mass is 367 g/mol. The van der Waals surface area contributed by atoms with Gasteiger partial charge < -0.3 is 19.9 Å². The molecule has 0 spiro atoms. The van der Waals surface area contributed by atoms with Gasteiger partial charge in [0.1, 0.15) is 5.75 Å². The van der Waals surface area contributed by atoms with Crippen molar-refractivity contribution in [3.05, 3.63) is 54.1 Å². The first kappa shape index (κ1) is 19.2. The molecule has 0 radical (unpaired) electrons. The second-order valence-corrected chi connectivity index (χ2v) is 6.84. The first-order chi connectivity index (χ1) is 13.2. The molecule has 2 aromatic rings. The van der Waals surface area contributed by atoms with Crippen LogP contribution < -0.4 is 15.0 Å². The summed E-state index contributed by atoms with van der Waals surface area (Å²) in [4.78, 5) is 17.3. The smallest absolute Gasteiger partial charge is 0.224 e. The van der Waals surface area contributed by atoms with Crippen molar-refractivity contribution in [2.24, 2.45) is 0 Å². The van der Waals surface area contributed by atoms with Crippen LogP contribution in [0, 0.1) is 0 Å². The molecule has 0 saturated carbocycles. The van der Waals surface area contributed by atoms with E-state index < -0.39 is 0 Å². The summed E-state index contributed by atoms with van der Waals surface area (Å²) in [6, 6.07) is 16.0. The van der Waals surface area contributed by atoms with Crippen molar-refractivity contribution in [1.29, 1.82) is 0 Å². The van der Waals surface area contributed by atoms with E-state index in [4.69, 9.17) is 4.74 Å². The normalized spacial score (nSPS) is 14.8. The van der Waals surface area contributed by atoms with Crippen molar-refractivity contribution in [2.75, 3.05) is 50.1 Å². The number of carbonyl (C=O) groups is 1. The van der Waals surface area contributed by atoms with Gasteiger partial charge in [-0.2, -0.15) is 0 Å². The summed E-state index contributed by atoms with van der Waals surface area (Å²) in [6.45, 7) is 7.40. The average molecular weight is 367 g/mol. The topological polar surface area (TPSA) is 44.8 Å². The minimum atomic E-state index is 0.0393. The number of rotatable bonds is 7. The lowest BCUT2D eigenvalue weighted by atomic mass is 10.1. The lowest BCUT2D eigenvalue weighted by Gasteiger charge is -2.36. The molecular weight excluding hydrogens is 338 g/mol. The average Bonchev–Trinajstić information content (AvgIpc) is 2.73. The number of hydrogen-bond donors (Lipinski definition) is 1. The number of benzene rings is 2. The minimum absolute atomic E-state index is 0.0393. The Balaban J connectivity index is 1.59. The molecule has 1 N–H and O–H groups in total. The predicted octanol–water partition coefficient (Wildman–Crippen LogP) is 3.41. The molecule has 27 heavy (non-hydrogen) atoms. The summed E-state index contributed by atoms with van der Waals surface area (Å²) in [5.41, 5.74) is 3.12. The summed E-state index contributed by atoms with van der Waals surface area (Å²) in [6.07, 6.45) is 1.14. The molecular formula is C22H29N3O2. The predicted molar refractivity (Wildman–Crippen MR) is 111 cm³/mol. The summed E-state index contributed by atoms with van der Waals surface area (Å²) < 4.78 is 5.25. The summed E-state index contributed by atoms with van der Waals surface area (Å²) in [7, 11) is 1.66. The van der Waals surface area contributed by atoms with E-state index >= 15 is 0 Å². The molecule has 5 nitrogen and oxygen atoms in total. The highest BCUT2D eigenvalue weighted by atomic mass is 16.5. The van der Waals surface area contributed by atoms with Crippen molar-refractivity contribution in [2.45, 2.75) is 19.8 Å². The summed E-state index contributed by atoms with van der Waals surface area (Å²) >= 11 is 0. The highest BCUT2D eigenvalue weighted by molar-refractivity contribution is 5.94. The quantitative estimate of drug-likeness (QED) is 0.815. The fraction of sp³-hybridized carbons (Fsp3) is 0.409. The van der Waals surface area contributed by atoms with E-state index in [9.17, 15) is 4.79 Å². The van der Waals surface area contributed by atoms with Gasteiger partial charge in [0.05, 0.1) is 18.5 Å². The molecule has 1 fully saturated rings. The van der Waals surface area contributed by atoms with Crippen LogP contribution in [0.1, 0.15) is 18.9 Å². The fourth-order valence-electron chi connectivity index (χ4n) is 3.46. The SMILES string of the molecule is CCN1CCN(c2ccccc2NC(=O)CCc2cccc(OC)c2)CC1. The number of ether oxygens (including phenoxy) is 1. The number of nitrogens with zero attached hydrogens (tertiary/aromatic N) is 2. The number of anilines is 2. The van der Waals surface area contributed by atoms with Crippen molar-refractivity contribution in [1.82, 2.24) is 4.90 Å². The van der Waals surface area contributed by atoms with E-state index in [1.165, 1.54) is 0 Å². The third-order valence-electron chi connectivity index (χ3n) is 5.11. The molecule has 2 aromatic carbocycles. The molecule has 5 heteroatoms. The molecule has 1 heterocycles. The van der Waals surface area contributed by atoms with E-state index in [-0.39, 0.29) is 5.91 Å². The van der Waals surface area contributed by atoms with Crippen LogP contribution in [0.4, 0.5) is 11.4 Å². The van der Waals surface area contributed by atoms with Crippen LogP contribution >= 0.6 is 0 Å². The van der Waals surface area contributed by atoms with Gasteiger partial charge in [0.25, 0.3) is 0 Å². The number of aryl methyl sites for hydroxylation is 1. The van der Waals surface area contributed by atoms with Gasteiger partial charge in [0.15, 0.2) is 0 Å². The zero-order valence-corrected chi connectivity index (χ0v) is 16.3. The molecule has 1 aliphatic heterocycles. The summed E-state index contributed by atoms with van der Waals surface area (Å²) in [5.74, 6) is 0.863. The van der Waals surface area contributed by atoms with Gasteiger partial charge in [-0.3, -0.25) is 4.79 Å². The number of amides is 1. The van der Waals surface area contributed by atoms with Gasteiger partial charge in [-0.15, -0.1) is 0 Å². The zero-order chi connectivity index (χ0) is 19.1. The molecule has 1 aliphatic rings. The van der Waals surface area contributed by atoms with Gasteiger partial charge in [0.2, 0.25) is 5.91 Å². The minimum Gasteiger partial charge on any atom is -0.497 e. The van der Waals surface area contributed by atoms with Crippen molar-refractivity contribution in [3.8, 4) is 5.75 Å². The van der Waals surface area contributed by atoms with Gasteiger partial charge in [-0.1, -0.05) is 31.2 Å². The standard InChI is InChI=1S/C22H29N3O2/c1-3-24-13-15-25(16-14-24)21-10-5-4-9-20(21)23-22(26)12-11-18-7-6-8-19(17-18)27-2/h4-10,17H,3,11-16H2,1-2H3,(H,23,26). The number of para-hydroxylation sites is 2. The first-order valence-corrected chi connectivity index (χ1v) is 9.68. The van der Waals surface area contributed by atoms with Crippen molar-refractivity contribution < 1.29 is 9.53 Å². The lowest BCUT2D eigenvalue weighted by Crippen LogP contribution is -2.46. The third kappa shape index (κ3) is 5.23. The van der Waals surface area contributed by atoms with Gasteiger partial charge in [-0.25, -0.2) is 0 Å². The van der Waals surface area contributed by atoms with Gasteiger partial charge in [0, 0.05) is 32.6 Å². The number of piperazine rings is 1. The Morgan fingerprint density at radius 1 is 1.07 bits per heavy atom. The highest BCUT2D eigenvalue weighted by Crippen LogP contribution is 2.27. The lowest BCUT2D eigenvalue weighted by molar-refractivity contribution is -0.116. The number of methoxy groups -OCH3 is 1. The van der Waals surface area contributed by atoms with E-state index in [2.05, 4.69) is 28.1 Å². The van der Waals surface area contributed by atoms with E-state index in [0.29, 0.717) is 12.8 Å². The molecule has 0 unspecified atom stereocenters. The fourth-order valence-corrected chi connectivity index (χ4v) is 3.46. The maximum atomic E-state index is 12.5. The Labute approximate surface area is 161 Å². The van der Waals surface area contributed by atoms with Gasteiger partial charge >= 0.3 is 0 Å². The first-order valence-electron chi connectivity index (χ1n) is 9.68. The Morgan fingerprint density at radius 3 is 2.59 bits per heavy atom. The largest absolute Gasteiger partial charge is 0.497 e. The maximum absolute atomic E-state index is 12.5. The third-order valence-corrected chi connectivity index (χ3v) is 5.11. The zero-order valence-electron chi connectivity index (χ0n) is 16.3. The Bertz CT molecular complexity index is 755. The van der Waals surface area contributed by atoms with E-state index in [1.807, 2.05) is 42.5 Å². The number of hydrogen-bond acceptors (Lipinski definition) is 4. The Hall–Kier alpha value is -2.53. The van der Waals surface area contributed by atoms with Crippen LogP contribution in [-0.2, 0) is 11.2 Å². The number of carbonyl (C=O) groups excluding carboxylic acids is 1. The molecule has 0 bridgehead atoms. The Kier molecular flexibility index (Phi) is 6.71. The van der Waals surface area contributed by atoms with Crippen LogP contribution in [0.3, 0.4) is 0 Å². The van der Waals surface area contributed by atoms with Crippen LogP contribution in [0.5, 0.6) is 5.75 Å². The van der Waals surface area contributed by atoms with Crippen molar-refractivity contribution in [3.63, 3.8) is 0 Å². The van der Waals surface area contributed by atoms with E-state index in [1.54, 1.807) is 7.11 Å². The molecule has 0 aromatic heterocycles. The molecule has 3 rings (SSSR count). The molecule has 0 atom stereocenters. The van der Waals surface area contributed by atoms with Gasteiger partial charge in [-0.05, 0) is 42.8 Å². The molecule has 144 valence electrons. The Morgan fingerprint density at radius 2 is 1.85 bits per heavy atom. The van der Waals surface area contributed by atoms with Crippen molar-refractivity contribution >= 4 is 17.3 Å². The maximum Gasteiger partial charge on any atom is 0.224 e. The second-order valence-electron chi connectivity index (χ2n) is 6.84. The van der Waals surface area contributed by atoms with Crippen LogP contribution in [0.15, 0.2) is 48.5 Å². The number of nitrogens with one attached hydrogen (secondary N) is 1. The molecule has 1 amide bonds. The van der Waals surface area contributed by atoms with E-state index in [0.717, 1.165) is 55.4 Å². The molecule has 0 aliphatic carbocycles. The van der Waals surface area contributed by atoms with Crippen LogP contribution in [0.25, 0.3) is 0 Å². The second kappa shape index (κ2) is 9.42. The van der Waals surface area contributed by atoms with Crippen LogP contribution in [0.2, 0.25) is 0 Å².